The number of piperidine rings is 1. The summed E-state index contributed by atoms with van der Waals surface area (Å²) in [7, 11) is 1.50. The third-order valence-electron chi connectivity index (χ3n) is 3.31. The number of ether oxygens (including phenoxy) is 1. The maximum atomic E-state index is 13.9. The Hall–Kier alpha value is -1.49. The predicted molar refractivity (Wildman–Crippen MR) is 69.4 cm³/mol. The van der Waals surface area contributed by atoms with Gasteiger partial charge in [0.2, 0.25) is 0 Å². The molecule has 4 nitrogen and oxygen atoms in total. The number of aliphatic hydroxyl groups is 1. The molecular formula is C13H19FN2O2. The highest BCUT2D eigenvalue weighted by atomic mass is 19.1. The first-order valence-electron chi connectivity index (χ1n) is 6.03. The minimum absolute atomic E-state index is 0.280. The first-order chi connectivity index (χ1) is 8.43. The van der Waals surface area contributed by atoms with Gasteiger partial charge < -0.3 is 20.5 Å². The van der Waals surface area contributed by atoms with Crippen LogP contribution in [0, 0.1) is 5.82 Å². The molecule has 0 spiro atoms. The van der Waals surface area contributed by atoms with Crippen molar-refractivity contribution in [2.45, 2.75) is 25.4 Å². The molecule has 3 N–H and O–H groups in total. The van der Waals surface area contributed by atoms with E-state index >= 15 is 0 Å². The van der Waals surface area contributed by atoms with Gasteiger partial charge in [0, 0.05) is 25.2 Å². The fourth-order valence-corrected chi connectivity index (χ4v) is 2.40. The van der Waals surface area contributed by atoms with Crippen LogP contribution in [-0.4, -0.2) is 30.9 Å². The Labute approximate surface area is 106 Å². The highest BCUT2D eigenvalue weighted by Crippen LogP contribution is 2.33. The molecule has 1 heterocycles. The number of nitrogens with two attached hydrogens (primary N) is 1. The molecule has 5 heteroatoms. The molecule has 1 fully saturated rings. The van der Waals surface area contributed by atoms with Gasteiger partial charge in [-0.3, -0.25) is 0 Å². The summed E-state index contributed by atoms with van der Waals surface area (Å²) in [6.07, 6.45) is 1.57. The molecule has 0 bridgehead atoms. The van der Waals surface area contributed by atoms with Gasteiger partial charge in [-0.1, -0.05) is 0 Å². The topological polar surface area (TPSA) is 58.7 Å². The number of anilines is 2. The number of hydrogen-bond donors (Lipinski definition) is 2. The minimum Gasteiger partial charge on any atom is -0.495 e. The number of rotatable bonds is 2. The van der Waals surface area contributed by atoms with Crippen molar-refractivity contribution in [3.8, 4) is 5.75 Å². The van der Waals surface area contributed by atoms with Crippen LogP contribution < -0.4 is 15.4 Å². The van der Waals surface area contributed by atoms with E-state index in [0.717, 1.165) is 19.4 Å². The second-order valence-electron chi connectivity index (χ2n) is 5.07. The normalized spacial score (nSPS) is 24.1. The lowest BCUT2D eigenvalue weighted by Crippen LogP contribution is -2.46. The fraction of sp³-hybridized carbons (Fsp3) is 0.538. The summed E-state index contributed by atoms with van der Waals surface area (Å²) in [5, 5.41) is 10.1. The average molecular weight is 254 g/mol. The lowest BCUT2D eigenvalue weighted by Gasteiger charge is -2.38. The molecule has 0 amide bonds. The van der Waals surface area contributed by atoms with Crippen molar-refractivity contribution < 1.29 is 14.2 Å². The fourth-order valence-electron chi connectivity index (χ4n) is 2.40. The average Bonchev–Trinajstić information content (AvgIpc) is 2.27. The largest absolute Gasteiger partial charge is 0.495 e. The Kier molecular flexibility index (Phi) is 3.34. The van der Waals surface area contributed by atoms with Crippen LogP contribution >= 0.6 is 0 Å². The van der Waals surface area contributed by atoms with Crippen LogP contribution in [0.1, 0.15) is 19.8 Å². The van der Waals surface area contributed by atoms with Crippen LogP contribution in [0.15, 0.2) is 12.1 Å². The van der Waals surface area contributed by atoms with Crippen molar-refractivity contribution in [3.05, 3.63) is 17.9 Å². The van der Waals surface area contributed by atoms with E-state index in [-0.39, 0.29) is 11.5 Å². The summed E-state index contributed by atoms with van der Waals surface area (Å²) in [5.41, 5.74) is 5.58. The Bertz CT molecular complexity index is 449. The predicted octanol–water partition coefficient (Wildman–Crippen LogP) is 1.77. The second kappa shape index (κ2) is 4.65. The van der Waals surface area contributed by atoms with E-state index in [1.54, 1.807) is 13.0 Å². The molecular weight excluding hydrogens is 235 g/mol. The van der Waals surface area contributed by atoms with Crippen LogP contribution in [0.25, 0.3) is 0 Å². The number of benzene rings is 1. The highest BCUT2D eigenvalue weighted by molar-refractivity contribution is 5.63. The molecule has 1 saturated heterocycles. The molecule has 0 radical (unpaired) electrons. The Morgan fingerprint density at radius 1 is 1.50 bits per heavy atom. The van der Waals surface area contributed by atoms with Crippen LogP contribution in [0.2, 0.25) is 0 Å². The number of β-amino-alcohol motifs (C(OH)–C–C–N with tert-alkyl or cyclic N) is 1. The lowest BCUT2D eigenvalue weighted by molar-refractivity contribution is 0.0447. The zero-order valence-electron chi connectivity index (χ0n) is 10.7. The Morgan fingerprint density at radius 3 is 2.83 bits per heavy atom. The molecule has 1 atom stereocenters. The maximum Gasteiger partial charge on any atom is 0.148 e. The van der Waals surface area contributed by atoms with Crippen molar-refractivity contribution in [3.63, 3.8) is 0 Å². The molecule has 1 aromatic carbocycles. The molecule has 1 aliphatic heterocycles. The summed E-state index contributed by atoms with van der Waals surface area (Å²) in [6.45, 7) is 2.91. The quantitative estimate of drug-likeness (QED) is 0.790. The van der Waals surface area contributed by atoms with Gasteiger partial charge in [0.1, 0.15) is 11.6 Å². The van der Waals surface area contributed by atoms with E-state index in [2.05, 4.69) is 0 Å². The zero-order valence-corrected chi connectivity index (χ0v) is 10.7. The van der Waals surface area contributed by atoms with Crippen LogP contribution in [0.5, 0.6) is 5.75 Å². The molecule has 2 rings (SSSR count). The molecule has 100 valence electrons. The standard InChI is InChI=1S/C13H19FN2O2/c1-13(17)4-3-5-16(8-13)11-7-12(18-2)10(15)6-9(11)14/h6-7,17H,3-5,8,15H2,1-2H3. The van der Waals surface area contributed by atoms with Crippen molar-refractivity contribution in [1.82, 2.24) is 0 Å². The van der Waals surface area contributed by atoms with Gasteiger partial charge in [-0.2, -0.15) is 0 Å². The Balaban J connectivity index is 2.32. The van der Waals surface area contributed by atoms with E-state index in [1.807, 2.05) is 4.90 Å². The van der Waals surface area contributed by atoms with Crippen molar-refractivity contribution in [2.75, 3.05) is 30.8 Å². The summed E-state index contributed by atoms with van der Waals surface area (Å²) in [6, 6.07) is 2.85. The summed E-state index contributed by atoms with van der Waals surface area (Å²) in [4.78, 5) is 1.83. The van der Waals surface area contributed by atoms with Gasteiger partial charge in [0.15, 0.2) is 0 Å². The van der Waals surface area contributed by atoms with Gasteiger partial charge in [-0.05, 0) is 19.8 Å². The smallest absolute Gasteiger partial charge is 0.148 e. The molecule has 0 aromatic heterocycles. The Morgan fingerprint density at radius 2 is 2.22 bits per heavy atom. The van der Waals surface area contributed by atoms with Gasteiger partial charge in [0.25, 0.3) is 0 Å². The second-order valence-corrected chi connectivity index (χ2v) is 5.07. The van der Waals surface area contributed by atoms with Gasteiger partial charge in [0.05, 0.1) is 24.1 Å². The molecule has 1 aliphatic rings. The third kappa shape index (κ3) is 2.51. The van der Waals surface area contributed by atoms with Gasteiger partial charge in [-0.15, -0.1) is 0 Å². The minimum atomic E-state index is -0.778. The molecule has 0 aliphatic carbocycles. The van der Waals surface area contributed by atoms with Gasteiger partial charge >= 0.3 is 0 Å². The lowest BCUT2D eigenvalue weighted by atomic mass is 9.94. The first-order valence-corrected chi connectivity index (χ1v) is 6.03. The van der Waals surface area contributed by atoms with Crippen molar-refractivity contribution >= 4 is 11.4 Å². The summed E-state index contributed by atoms with van der Waals surface area (Å²) in [5.74, 6) is 0.0719. The van der Waals surface area contributed by atoms with E-state index in [0.29, 0.717) is 18.0 Å². The number of halogens is 1. The van der Waals surface area contributed by atoms with Crippen LogP contribution in [0.3, 0.4) is 0 Å². The molecule has 0 saturated carbocycles. The summed E-state index contributed by atoms with van der Waals surface area (Å²) < 4.78 is 19.0. The van der Waals surface area contributed by atoms with Crippen molar-refractivity contribution in [1.29, 1.82) is 0 Å². The number of nitrogens with zero attached hydrogens (tertiary/aromatic N) is 1. The third-order valence-corrected chi connectivity index (χ3v) is 3.31. The van der Waals surface area contributed by atoms with E-state index < -0.39 is 5.60 Å². The maximum absolute atomic E-state index is 13.9. The number of hydrogen-bond acceptors (Lipinski definition) is 4. The zero-order chi connectivity index (χ0) is 13.3. The van der Waals surface area contributed by atoms with Crippen LogP contribution in [-0.2, 0) is 0 Å². The van der Waals surface area contributed by atoms with E-state index in [9.17, 15) is 9.50 Å². The monoisotopic (exact) mass is 254 g/mol. The SMILES string of the molecule is COc1cc(N2CCCC(C)(O)C2)c(F)cc1N. The molecule has 1 unspecified atom stereocenters. The van der Waals surface area contributed by atoms with E-state index in [1.165, 1.54) is 13.2 Å². The van der Waals surface area contributed by atoms with E-state index in [4.69, 9.17) is 10.5 Å². The van der Waals surface area contributed by atoms with Crippen LogP contribution in [0.4, 0.5) is 15.8 Å². The highest BCUT2D eigenvalue weighted by Gasteiger charge is 2.30. The number of methoxy groups -OCH3 is 1. The molecule has 1 aromatic rings. The van der Waals surface area contributed by atoms with Crippen molar-refractivity contribution in [2.24, 2.45) is 0 Å². The number of nitrogen functional groups attached to an aromatic ring is 1. The summed E-state index contributed by atoms with van der Waals surface area (Å²) >= 11 is 0. The van der Waals surface area contributed by atoms with Gasteiger partial charge in [-0.25, -0.2) is 4.39 Å². The molecule has 18 heavy (non-hydrogen) atoms. The first kappa shape index (κ1) is 13.0.